The van der Waals surface area contributed by atoms with Crippen molar-refractivity contribution in [2.75, 3.05) is 11.3 Å². The van der Waals surface area contributed by atoms with Crippen LogP contribution in [-0.2, 0) is 21.4 Å². The molecule has 1 saturated heterocycles. The molecule has 8 heteroatoms. The fraction of sp³-hybridized carbons (Fsp3) is 0.538. The van der Waals surface area contributed by atoms with Crippen molar-refractivity contribution in [3.63, 3.8) is 0 Å². The second-order valence-corrected chi connectivity index (χ2v) is 6.79. The van der Waals surface area contributed by atoms with E-state index in [1.54, 1.807) is 0 Å². The molecule has 0 radical (unpaired) electrons. The van der Waals surface area contributed by atoms with E-state index < -0.39 is 16.2 Å². The maximum atomic E-state index is 12.3. The Labute approximate surface area is 124 Å². The van der Waals surface area contributed by atoms with E-state index in [-0.39, 0.29) is 12.5 Å². The molecule has 2 N–H and O–H groups in total. The monoisotopic (exact) mass is 313 g/mol. The number of pyridine rings is 1. The van der Waals surface area contributed by atoms with Gasteiger partial charge in [-0.1, -0.05) is 6.42 Å². The van der Waals surface area contributed by atoms with Gasteiger partial charge in [-0.3, -0.25) is 14.5 Å². The van der Waals surface area contributed by atoms with Crippen LogP contribution in [0.4, 0.5) is 5.69 Å². The average molecular weight is 313 g/mol. The van der Waals surface area contributed by atoms with Gasteiger partial charge in [0, 0.05) is 12.6 Å². The normalized spacial score (nSPS) is 20.1. The van der Waals surface area contributed by atoms with Crippen molar-refractivity contribution < 1.29 is 18.3 Å². The lowest BCUT2D eigenvalue weighted by Crippen LogP contribution is -2.44. The van der Waals surface area contributed by atoms with Gasteiger partial charge in [0.1, 0.15) is 0 Å². The molecule has 1 atom stereocenters. The molecule has 0 aliphatic carbocycles. The highest BCUT2D eigenvalue weighted by molar-refractivity contribution is 7.90. The Hall–Kier alpha value is -1.67. The number of aliphatic carboxylic acids is 1. The molecule has 1 aromatic heterocycles. The Bertz CT molecular complexity index is 600. The summed E-state index contributed by atoms with van der Waals surface area (Å²) in [5.74, 6) is -0.974. The SMILES string of the molecule is CC1CCCCN1S(=O)(=O)Nc1ccc(CC(=O)O)nc1. The molecular weight excluding hydrogens is 294 g/mol. The van der Waals surface area contributed by atoms with Crippen molar-refractivity contribution in [1.82, 2.24) is 9.29 Å². The number of hydrogen-bond donors (Lipinski definition) is 2. The number of anilines is 1. The molecule has 1 unspecified atom stereocenters. The van der Waals surface area contributed by atoms with E-state index in [1.165, 1.54) is 22.6 Å². The summed E-state index contributed by atoms with van der Waals surface area (Å²) in [5, 5.41) is 8.66. The number of carboxylic acid groups (broad SMARTS) is 1. The summed E-state index contributed by atoms with van der Waals surface area (Å²) >= 11 is 0. The quantitative estimate of drug-likeness (QED) is 0.852. The van der Waals surface area contributed by atoms with Crippen molar-refractivity contribution in [1.29, 1.82) is 0 Å². The van der Waals surface area contributed by atoms with Crippen molar-refractivity contribution in [3.8, 4) is 0 Å². The highest BCUT2D eigenvalue weighted by Crippen LogP contribution is 2.21. The molecule has 0 amide bonds. The van der Waals surface area contributed by atoms with Crippen LogP contribution in [0.5, 0.6) is 0 Å². The lowest BCUT2D eigenvalue weighted by atomic mass is 10.1. The topological polar surface area (TPSA) is 99.6 Å². The Morgan fingerprint density at radius 2 is 2.24 bits per heavy atom. The third kappa shape index (κ3) is 4.15. The largest absolute Gasteiger partial charge is 0.481 e. The fourth-order valence-corrected chi connectivity index (χ4v) is 3.87. The first-order valence-electron chi connectivity index (χ1n) is 6.85. The van der Waals surface area contributed by atoms with Crippen molar-refractivity contribution in [2.45, 2.75) is 38.6 Å². The van der Waals surface area contributed by atoms with Crippen LogP contribution >= 0.6 is 0 Å². The molecule has 116 valence electrons. The van der Waals surface area contributed by atoms with Crippen LogP contribution in [0.3, 0.4) is 0 Å². The van der Waals surface area contributed by atoms with Gasteiger partial charge in [0.25, 0.3) is 0 Å². The van der Waals surface area contributed by atoms with Crippen LogP contribution in [0.15, 0.2) is 18.3 Å². The van der Waals surface area contributed by atoms with E-state index in [9.17, 15) is 13.2 Å². The molecule has 0 aromatic carbocycles. The van der Waals surface area contributed by atoms with E-state index in [1.807, 2.05) is 6.92 Å². The molecule has 0 spiro atoms. The molecule has 1 aliphatic rings. The molecular formula is C13H19N3O4S. The van der Waals surface area contributed by atoms with Gasteiger partial charge in [0.2, 0.25) is 0 Å². The number of aromatic nitrogens is 1. The third-order valence-corrected chi connectivity index (χ3v) is 5.11. The Morgan fingerprint density at radius 3 is 2.81 bits per heavy atom. The molecule has 2 heterocycles. The summed E-state index contributed by atoms with van der Waals surface area (Å²) in [4.78, 5) is 14.5. The molecule has 0 saturated carbocycles. The van der Waals surface area contributed by atoms with Crippen LogP contribution in [-0.4, -0.2) is 41.4 Å². The van der Waals surface area contributed by atoms with E-state index in [0.717, 1.165) is 19.3 Å². The Balaban J connectivity index is 2.07. The minimum absolute atomic E-state index is 0.0181. The van der Waals surface area contributed by atoms with Gasteiger partial charge in [-0.05, 0) is 31.9 Å². The molecule has 1 aliphatic heterocycles. The van der Waals surface area contributed by atoms with Crippen molar-refractivity contribution >= 4 is 21.9 Å². The summed E-state index contributed by atoms with van der Waals surface area (Å²) < 4.78 is 28.6. The number of nitrogens with zero attached hydrogens (tertiary/aromatic N) is 2. The number of rotatable bonds is 5. The molecule has 7 nitrogen and oxygen atoms in total. The van der Waals surface area contributed by atoms with Crippen LogP contribution in [0.1, 0.15) is 31.9 Å². The highest BCUT2D eigenvalue weighted by Gasteiger charge is 2.29. The summed E-state index contributed by atoms with van der Waals surface area (Å²) in [6.07, 6.45) is 3.91. The molecule has 0 bridgehead atoms. The zero-order valence-corrected chi connectivity index (χ0v) is 12.6. The molecule has 21 heavy (non-hydrogen) atoms. The van der Waals surface area contributed by atoms with Gasteiger partial charge in [0.15, 0.2) is 0 Å². The van der Waals surface area contributed by atoms with Gasteiger partial charge < -0.3 is 5.11 Å². The lowest BCUT2D eigenvalue weighted by Gasteiger charge is -2.32. The van der Waals surface area contributed by atoms with Gasteiger partial charge in [-0.25, -0.2) is 0 Å². The van der Waals surface area contributed by atoms with Crippen molar-refractivity contribution in [2.24, 2.45) is 0 Å². The van der Waals surface area contributed by atoms with Gasteiger partial charge in [0.05, 0.1) is 24.0 Å². The smallest absolute Gasteiger partial charge is 0.309 e. The minimum Gasteiger partial charge on any atom is -0.481 e. The second kappa shape index (κ2) is 6.40. The Morgan fingerprint density at radius 1 is 1.48 bits per heavy atom. The van der Waals surface area contributed by atoms with E-state index >= 15 is 0 Å². The first kappa shape index (κ1) is 15.7. The summed E-state index contributed by atoms with van der Waals surface area (Å²) in [5.41, 5.74) is 0.721. The summed E-state index contributed by atoms with van der Waals surface area (Å²) in [7, 11) is -3.59. The predicted molar refractivity (Wildman–Crippen MR) is 78.1 cm³/mol. The van der Waals surface area contributed by atoms with Crippen molar-refractivity contribution in [3.05, 3.63) is 24.0 Å². The molecule has 2 rings (SSSR count). The van der Waals surface area contributed by atoms with Crippen LogP contribution < -0.4 is 4.72 Å². The standard InChI is InChI=1S/C13H19N3O4S/c1-10-4-2-3-7-16(10)21(19,20)15-12-6-5-11(14-9-12)8-13(17)18/h5-6,9-10,15H,2-4,7-8H2,1H3,(H,17,18). The first-order valence-corrected chi connectivity index (χ1v) is 8.29. The number of nitrogens with one attached hydrogen (secondary N) is 1. The van der Waals surface area contributed by atoms with Gasteiger partial charge in [-0.15, -0.1) is 0 Å². The summed E-state index contributed by atoms with van der Waals surface area (Å²) in [6.45, 7) is 2.41. The average Bonchev–Trinajstić information content (AvgIpc) is 2.40. The summed E-state index contributed by atoms with van der Waals surface area (Å²) in [6, 6.07) is 3.01. The maximum Gasteiger partial charge on any atom is 0.309 e. The number of carboxylic acids is 1. The second-order valence-electron chi connectivity index (χ2n) is 5.17. The number of piperidine rings is 1. The zero-order chi connectivity index (χ0) is 15.5. The van der Waals surface area contributed by atoms with Gasteiger partial charge >= 0.3 is 16.2 Å². The van der Waals surface area contributed by atoms with Crippen LogP contribution in [0.25, 0.3) is 0 Å². The highest BCUT2D eigenvalue weighted by atomic mass is 32.2. The van der Waals surface area contributed by atoms with Gasteiger partial charge in [-0.2, -0.15) is 12.7 Å². The minimum atomic E-state index is -3.59. The zero-order valence-electron chi connectivity index (χ0n) is 11.8. The van der Waals surface area contributed by atoms with Crippen LogP contribution in [0, 0.1) is 0 Å². The van der Waals surface area contributed by atoms with E-state index in [4.69, 9.17) is 5.11 Å². The predicted octanol–water partition coefficient (Wildman–Crippen LogP) is 1.24. The first-order chi connectivity index (χ1) is 9.88. The number of carbonyl (C=O) groups is 1. The van der Waals surface area contributed by atoms with E-state index in [0.29, 0.717) is 17.9 Å². The molecule has 1 fully saturated rings. The third-order valence-electron chi connectivity index (χ3n) is 3.45. The maximum absolute atomic E-state index is 12.3. The Kier molecular flexibility index (Phi) is 4.79. The van der Waals surface area contributed by atoms with Crippen LogP contribution in [0.2, 0.25) is 0 Å². The van der Waals surface area contributed by atoms with E-state index in [2.05, 4.69) is 9.71 Å². The fourth-order valence-electron chi connectivity index (χ4n) is 2.38. The lowest BCUT2D eigenvalue weighted by molar-refractivity contribution is -0.136. The molecule has 1 aromatic rings. The number of hydrogen-bond acceptors (Lipinski definition) is 4.